The van der Waals surface area contributed by atoms with E-state index in [0.29, 0.717) is 18.9 Å². The molecule has 1 N–H and O–H groups in total. The maximum Gasteiger partial charge on any atom is 0.245 e. The van der Waals surface area contributed by atoms with Crippen molar-refractivity contribution >= 4 is 5.91 Å². The van der Waals surface area contributed by atoms with Crippen LogP contribution in [-0.4, -0.2) is 32.7 Å². The molecule has 3 aromatic rings. The Balaban J connectivity index is 1.58. The van der Waals surface area contributed by atoms with E-state index in [4.69, 9.17) is 4.74 Å². The summed E-state index contributed by atoms with van der Waals surface area (Å²) < 4.78 is 7.24. The molecule has 0 fully saturated rings. The van der Waals surface area contributed by atoms with Crippen molar-refractivity contribution in [2.75, 3.05) is 6.61 Å². The first-order valence-electron chi connectivity index (χ1n) is 8.53. The standard InChI is InChI=1S/C19H19N5O2/c1-13-21-22-23-24(13)17(11-14-7-3-2-4-8-14)19(25)20-16-12-26-18-10-6-5-9-15(16)18/h2-10,16-17H,11-12H2,1H3,(H,20,25). The van der Waals surface area contributed by atoms with E-state index in [1.165, 1.54) is 0 Å². The number of hydrogen-bond donors (Lipinski definition) is 1. The van der Waals surface area contributed by atoms with Gasteiger partial charge in [-0.25, -0.2) is 4.68 Å². The Hall–Kier alpha value is -3.22. The van der Waals surface area contributed by atoms with Gasteiger partial charge < -0.3 is 10.1 Å². The number of tetrazole rings is 1. The molecule has 2 aromatic carbocycles. The van der Waals surface area contributed by atoms with Gasteiger partial charge in [0.15, 0.2) is 0 Å². The van der Waals surface area contributed by atoms with Crippen LogP contribution in [0.25, 0.3) is 0 Å². The predicted molar refractivity (Wildman–Crippen MR) is 94.6 cm³/mol. The van der Waals surface area contributed by atoms with Gasteiger partial charge in [0.1, 0.15) is 24.2 Å². The number of aromatic nitrogens is 4. The lowest BCUT2D eigenvalue weighted by Gasteiger charge is -2.20. The second-order valence-corrected chi connectivity index (χ2v) is 6.29. The van der Waals surface area contributed by atoms with E-state index in [9.17, 15) is 4.79 Å². The summed E-state index contributed by atoms with van der Waals surface area (Å²) in [7, 11) is 0. The Morgan fingerprint density at radius 3 is 2.77 bits per heavy atom. The average molecular weight is 349 g/mol. The fourth-order valence-corrected chi connectivity index (χ4v) is 3.20. The van der Waals surface area contributed by atoms with Crippen LogP contribution in [0.5, 0.6) is 5.75 Å². The number of benzene rings is 2. The zero-order chi connectivity index (χ0) is 17.9. The van der Waals surface area contributed by atoms with Crippen LogP contribution in [0.1, 0.15) is 29.0 Å². The SMILES string of the molecule is Cc1nnnn1C(Cc1ccccc1)C(=O)NC1COc2ccccc21. The summed E-state index contributed by atoms with van der Waals surface area (Å²) in [6.07, 6.45) is 0.508. The van der Waals surface area contributed by atoms with Gasteiger partial charge in [-0.15, -0.1) is 5.10 Å². The van der Waals surface area contributed by atoms with E-state index in [1.807, 2.05) is 54.6 Å². The van der Waals surface area contributed by atoms with E-state index < -0.39 is 6.04 Å². The van der Waals surface area contributed by atoms with Crippen molar-refractivity contribution in [2.45, 2.75) is 25.4 Å². The monoisotopic (exact) mass is 349 g/mol. The zero-order valence-corrected chi connectivity index (χ0v) is 14.4. The first-order valence-corrected chi connectivity index (χ1v) is 8.53. The van der Waals surface area contributed by atoms with Crippen LogP contribution >= 0.6 is 0 Å². The minimum atomic E-state index is -0.528. The van der Waals surface area contributed by atoms with Crippen molar-refractivity contribution in [2.24, 2.45) is 0 Å². The van der Waals surface area contributed by atoms with E-state index in [0.717, 1.165) is 16.9 Å². The Morgan fingerprint density at radius 2 is 2.00 bits per heavy atom. The van der Waals surface area contributed by atoms with Gasteiger partial charge in [-0.1, -0.05) is 48.5 Å². The molecule has 2 heterocycles. The molecule has 2 unspecified atom stereocenters. The summed E-state index contributed by atoms with van der Waals surface area (Å²) in [5, 5.41) is 14.7. The highest BCUT2D eigenvalue weighted by Gasteiger charge is 2.30. The molecule has 7 nitrogen and oxygen atoms in total. The molecule has 0 spiro atoms. The Kier molecular flexibility index (Phi) is 4.35. The number of hydrogen-bond acceptors (Lipinski definition) is 5. The summed E-state index contributed by atoms with van der Waals surface area (Å²) in [4.78, 5) is 13.1. The zero-order valence-electron chi connectivity index (χ0n) is 14.4. The van der Waals surface area contributed by atoms with Crippen LogP contribution in [0.15, 0.2) is 54.6 Å². The van der Waals surface area contributed by atoms with Crippen LogP contribution in [0, 0.1) is 6.92 Å². The number of carbonyl (C=O) groups is 1. The molecule has 0 radical (unpaired) electrons. The molecular formula is C19H19N5O2. The lowest BCUT2D eigenvalue weighted by atomic mass is 10.0. The summed E-state index contributed by atoms with van der Waals surface area (Å²) in [6.45, 7) is 2.22. The maximum atomic E-state index is 13.1. The average Bonchev–Trinajstić information content (AvgIpc) is 3.27. The van der Waals surface area contributed by atoms with E-state index in [1.54, 1.807) is 11.6 Å². The van der Waals surface area contributed by atoms with Crippen molar-refractivity contribution in [3.63, 3.8) is 0 Å². The van der Waals surface area contributed by atoms with Gasteiger partial charge in [0.2, 0.25) is 5.91 Å². The summed E-state index contributed by atoms with van der Waals surface area (Å²) >= 11 is 0. The molecule has 0 saturated heterocycles. The van der Waals surface area contributed by atoms with Crippen LogP contribution in [0.4, 0.5) is 0 Å². The van der Waals surface area contributed by atoms with Crippen molar-refractivity contribution in [1.29, 1.82) is 0 Å². The molecule has 7 heteroatoms. The smallest absolute Gasteiger partial charge is 0.245 e. The minimum absolute atomic E-state index is 0.130. The first-order chi connectivity index (χ1) is 12.7. The molecule has 26 heavy (non-hydrogen) atoms. The van der Waals surface area contributed by atoms with Gasteiger partial charge >= 0.3 is 0 Å². The molecule has 0 aliphatic carbocycles. The van der Waals surface area contributed by atoms with Crippen molar-refractivity contribution in [3.05, 3.63) is 71.5 Å². The van der Waals surface area contributed by atoms with Gasteiger partial charge in [0.25, 0.3) is 0 Å². The predicted octanol–water partition coefficient (Wildman–Crippen LogP) is 2.02. The van der Waals surface area contributed by atoms with Crippen LogP contribution in [0.2, 0.25) is 0 Å². The van der Waals surface area contributed by atoms with E-state index >= 15 is 0 Å². The Bertz CT molecular complexity index is 909. The molecular weight excluding hydrogens is 330 g/mol. The highest BCUT2D eigenvalue weighted by atomic mass is 16.5. The summed E-state index contributed by atoms with van der Waals surface area (Å²) in [5.74, 6) is 1.29. The Labute approximate surface area is 151 Å². The third-order valence-corrected chi connectivity index (χ3v) is 4.54. The highest BCUT2D eigenvalue weighted by molar-refractivity contribution is 5.81. The van der Waals surface area contributed by atoms with Gasteiger partial charge in [0, 0.05) is 12.0 Å². The number of para-hydroxylation sites is 1. The number of nitrogens with zero attached hydrogens (tertiary/aromatic N) is 4. The number of nitrogens with one attached hydrogen (secondary N) is 1. The van der Waals surface area contributed by atoms with Gasteiger partial charge in [0.05, 0.1) is 6.04 Å². The number of amides is 1. The lowest BCUT2D eigenvalue weighted by molar-refractivity contribution is -0.125. The van der Waals surface area contributed by atoms with Gasteiger partial charge in [-0.05, 0) is 29.0 Å². The third-order valence-electron chi connectivity index (χ3n) is 4.54. The molecule has 2 atom stereocenters. The fourth-order valence-electron chi connectivity index (χ4n) is 3.20. The van der Waals surface area contributed by atoms with Crippen LogP contribution < -0.4 is 10.1 Å². The molecule has 1 aromatic heterocycles. The third kappa shape index (κ3) is 3.15. The van der Waals surface area contributed by atoms with Crippen molar-refractivity contribution in [3.8, 4) is 5.75 Å². The van der Waals surface area contributed by atoms with Crippen molar-refractivity contribution < 1.29 is 9.53 Å². The molecule has 1 amide bonds. The number of aryl methyl sites for hydroxylation is 1. The molecule has 0 saturated carbocycles. The molecule has 1 aliphatic rings. The topological polar surface area (TPSA) is 81.9 Å². The van der Waals surface area contributed by atoms with Gasteiger partial charge in [-0.2, -0.15) is 0 Å². The van der Waals surface area contributed by atoms with Crippen molar-refractivity contribution in [1.82, 2.24) is 25.5 Å². The lowest BCUT2D eigenvalue weighted by Crippen LogP contribution is -2.37. The molecule has 4 rings (SSSR count). The quantitative estimate of drug-likeness (QED) is 0.762. The number of ether oxygens (including phenoxy) is 1. The normalized spacial score (nSPS) is 16.6. The second-order valence-electron chi connectivity index (χ2n) is 6.29. The highest BCUT2D eigenvalue weighted by Crippen LogP contribution is 2.32. The number of carbonyl (C=O) groups excluding carboxylic acids is 1. The van der Waals surface area contributed by atoms with E-state index in [-0.39, 0.29) is 11.9 Å². The van der Waals surface area contributed by atoms with Gasteiger partial charge in [-0.3, -0.25) is 4.79 Å². The maximum absolute atomic E-state index is 13.1. The molecule has 132 valence electrons. The van der Waals surface area contributed by atoms with Crippen LogP contribution in [-0.2, 0) is 11.2 Å². The second kappa shape index (κ2) is 6.95. The number of rotatable bonds is 5. The molecule has 1 aliphatic heterocycles. The molecule has 0 bridgehead atoms. The van der Waals surface area contributed by atoms with E-state index in [2.05, 4.69) is 20.8 Å². The number of fused-ring (bicyclic) bond motifs is 1. The Morgan fingerprint density at radius 1 is 1.23 bits per heavy atom. The van der Waals surface area contributed by atoms with Crippen LogP contribution in [0.3, 0.4) is 0 Å². The summed E-state index contributed by atoms with van der Waals surface area (Å²) in [6, 6.07) is 16.9. The fraction of sp³-hybridized carbons (Fsp3) is 0.263. The summed E-state index contributed by atoms with van der Waals surface area (Å²) in [5.41, 5.74) is 2.04. The first kappa shape index (κ1) is 16.3. The minimum Gasteiger partial charge on any atom is -0.491 e. The largest absolute Gasteiger partial charge is 0.491 e.